The second-order valence-corrected chi connectivity index (χ2v) is 10.1. The van der Waals surface area contributed by atoms with Crippen LogP contribution in [0.1, 0.15) is 35.3 Å². The van der Waals surface area contributed by atoms with E-state index in [0.29, 0.717) is 23.9 Å². The summed E-state index contributed by atoms with van der Waals surface area (Å²) in [5.74, 6) is -0.422. The van der Waals surface area contributed by atoms with Crippen molar-refractivity contribution in [3.8, 4) is 5.75 Å². The summed E-state index contributed by atoms with van der Waals surface area (Å²) in [6, 6.07) is 10.1. The zero-order chi connectivity index (χ0) is 21.6. The number of phenols is 1. The number of rotatable bonds is 4. The van der Waals surface area contributed by atoms with Gasteiger partial charge in [-0.15, -0.1) is 10.7 Å². The quantitative estimate of drug-likeness (QED) is 0.589. The number of aromatic hydroxyl groups is 1. The first kappa shape index (κ1) is 20.5. The minimum absolute atomic E-state index is 0.0398. The molecule has 0 fully saturated rings. The van der Waals surface area contributed by atoms with Crippen LogP contribution in [0, 0.1) is 11.2 Å². The first-order valence-corrected chi connectivity index (χ1v) is 11.5. The molecule has 1 aliphatic carbocycles. The van der Waals surface area contributed by atoms with Crippen molar-refractivity contribution in [1.29, 1.82) is 0 Å². The van der Waals surface area contributed by atoms with Crippen LogP contribution in [0.5, 0.6) is 5.75 Å². The minimum Gasteiger partial charge on any atom is -0.505 e. The number of aromatic nitrogens is 1. The molecule has 0 saturated heterocycles. The maximum Gasteiger partial charge on any atom is 0.173 e. The molecule has 0 bridgehead atoms. The van der Waals surface area contributed by atoms with Crippen molar-refractivity contribution >= 4 is 38.4 Å². The number of benzene rings is 2. The number of Topliss-reactive ketones (excluding diaryl/α,β-unsaturated/α-hetero) is 1. The fraction of sp³-hybridized carbons (Fsp3) is 0.292. The number of fused-ring (bicyclic) bond motifs is 2. The van der Waals surface area contributed by atoms with Gasteiger partial charge in [-0.25, -0.2) is 4.39 Å². The number of hydrogen-bond donors (Lipinski definition) is 1. The van der Waals surface area contributed by atoms with Crippen LogP contribution in [-0.4, -0.2) is 34.5 Å². The van der Waals surface area contributed by atoms with Crippen molar-refractivity contribution in [1.82, 2.24) is 4.98 Å². The lowest BCUT2D eigenvalue weighted by molar-refractivity contribution is 0.0840. The Bertz CT molecular complexity index is 1190. The standard InChI is InChI=1S/C24H25FN2O2S/c1-5-30(4)27(3)21-17-7-6-12-26-20(17)22(28)19-18(21)14-24(2,23(19)29)13-15-8-10-16(25)11-9-15/h5-12,28H,13-14H2,1-4H3. The summed E-state index contributed by atoms with van der Waals surface area (Å²) in [6.45, 7) is 3.95. The Labute approximate surface area is 178 Å². The van der Waals surface area contributed by atoms with Gasteiger partial charge in [0, 0.05) is 24.0 Å². The van der Waals surface area contributed by atoms with Crippen LogP contribution in [0.2, 0.25) is 0 Å². The number of ketones is 1. The normalized spacial score (nSPS) is 19.3. The largest absolute Gasteiger partial charge is 0.505 e. The van der Waals surface area contributed by atoms with Gasteiger partial charge >= 0.3 is 0 Å². The van der Waals surface area contributed by atoms with Gasteiger partial charge in [0.05, 0.1) is 11.3 Å². The van der Waals surface area contributed by atoms with Crippen molar-refractivity contribution in [2.75, 3.05) is 17.6 Å². The van der Waals surface area contributed by atoms with Crippen LogP contribution in [0.25, 0.3) is 10.9 Å². The van der Waals surface area contributed by atoms with E-state index in [2.05, 4.69) is 20.9 Å². The third-order valence-electron chi connectivity index (χ3n) is 6.05. The zero-order valence-electron chi connectivity index (χ0n) is 17.6. The second kappa shape index (κ2) is 7.51. The SMILES string of the molecule is C/C=S(\C)N(C)c1c2c(c(O)c3ncccc13)C(=O)C(C)(Cc1ccc(F)cc1)C2. The Morgan fingerprint density at radius 1 is 1.30 bits per heavy atom. The van der Waals surface area contributed by atoms with E-state index in [1.807, 2.05) is 33.0 Å². The maximum absolute atomic E-state index is 13.6. The van der Waals surface area contributed by atoms with Crippen LogP contribution >= 0.6 is 10.7 Å². The van der Waals surface area contributed by atoms with Crippen molar-refractivity contribution in [3.63, 3.8) is 0 Å². The van der Waals surface area contributed by atoms with Gasteiger partial charge in [0.25, 0.3) is 0 Å². The summed E-state index contributed by atoms with van der Waals surface area (Å²) in [5.41, 5.74) is 2.82. The van der Waals surface area contributed by atoms with Crippen LogP contribution in [0.15, 0.2) is 42.6 Å². The van der Waals surface area contributed by atoms with E-state index in [9.17, 15) is 14.3 Å². The highest BCUT2D eigenvalue weighted by molar-refractivity contribution is 8.15. The molecule has 1 aliphatic rings. The molecule has 3 aromatic rings. The third-order valence-corrected chi connectivity index (χ3v) is 7.78. The lowest BCUT2D eigenvalue weighted by Crippen LogP contribution is -2.27. The van der Waals surface area contributed by atoms with Gasteiger partial charge in [-0.2, -0.15) is 0 Å². The average Bonchev–Trinajstić information content (AvgIpc) is 2.99. The number of carbonyl (C=O) groups is 1. The molecule has 0 amide bonds. The Morgan fingerprint density at radius 3 is 2.67 bits per heavy atom. The summed E-state index contributed by atoms with van der Waals surface area (Å²) in [4.78, 5) is 18.0. The molecule has 2 atom stereocenters. The van der Waals surface area contributed by atoms with E-state index in [-0.39, 0.29) is 28.0 Å². The van der Waals surface area contributed by atoms with Gasteiger partial charge in [-0.1, -0.05) is 19.1 Å². The summed E-state index contributed by atoms with van der Waals surface area (Å²) in [6.07, 6.45) is 4.74. The molecule has 2 aromatic carbocycles. The summed E-state index contributed by atoms with van der Waals surface area (Å²) in [5, 5.41) is 14.0. The highest BCUT2D eigenvalue weighted by Gasteiger charge is 2.46. The Balaban J connectivity index is 1.91. The fourth-order valence-corrected chi connectivity index (χ4v) is 5.19. The molecule has 6 heteroatoms. The third kappa shape index (κ3) is 3.19. The summed E-state index contributed by atoms with van der Waals surface area (Å²) < 4.78 is 15.5. The smallest absolute Gasteiger partial charge is 0.173 e. The molecule has 0 aliphatic heterocycles. The minimum atomic E-state index is -0.715. The molecule has 1 N–H and O–H groups in total. The Morgan fingerprint density at radius 2 is 2.00 bits per heavy atom. The van der Waals surface area contributed by atoms with Crippen molar-refractivity contribution in [2.45, 2.75) is 26.7 Å². The van der Waals surface area contributed by atoms with Crippen LogP contribution in [0.4, 0.5) is 10.1 Å². The Kier molecular flexibility index (Phi) is 5.14. The predicted molar refractivity (Wildman–Crippen MR) is 123 cm³/mol. The van der Waals surface area contributed by atoms with E-state index >= 15 is 0 Å². The number of phenolic OH excluding ortho intramolecular Hbond substituents is 1. The number of carbonyl (C=O) groups excluding carboxylic acids is 1. The molecule has 0 spiro atoms. The molecule has 1 aromatic heterocycles. The van der Waals surface area contributed by atoms with E-state index in [4.69, 9.17) is 0 Å². The number of nitrogens with zero attached hydrogens (tertiary/aromatic N) is 2. The van der Waals surface area contributed by atoms with E-state index in [1.54, 1.807) is 18.3 Å². The molecule has 30 heavy (non-hydrogen) atoms. The molecule has 0 radical (unpaired) electrons. The topological polar surface area (TPSA) is 53.4 Å². The number of anilines is 1. The first-order chi connectivity index (χ1) is 14.3. The number of pyridine rings is 1. The molecular formula is C24H25FN2O2S. The predicted octanol–water partition coefficient (Wildman–Crippen LogP) is 5.14. The number of halogens is 1. The highest BCUT2D eigenvalue weighted by Crippen LogP contribution is 2.51. The van der Waals surface area contributed by atoms with Gasteiger partial charge in [0.2, 0.25) is 0 Å². The molecule has 1 heterocycles. The summed E-state index contributed by atoms with van der Waals surface area (Å²) in [7, 11) is 1.86. The molecular weight excluding hydrogens is 399 g/mol. The fourth-order valence-electron chi connectivity index (χ4n) is 4.37. The van der Waals surface area contributed by atoms with Crippen molar-refractivity contribution in [2.24, 2.45) is 5.41 Å². The van der Waals surface area contributed by atoms with E-state index < -0.39 is 5.41 Å². The summed E-state index contributed by atoms with van der Waals surface area (Å²) >= 11 is 0. The lowest BCUT2D eigenvalue weighted by atomic mass is 9.80. The van der Waals surface area contributed by atoms with Crippen LogP contribution in [0.3, 0.4) is 0 Å². The van der Waals surface area contributed by atoms with Crippen molar-refractivity contribution < 1.29 is 14.3 Å². The van der Waals surface area contributed by atoms with Gasteiger partial charge in [-0.05, 0) is 66.8 Å². The van der Waals surface area contributed by atoms with E-state index in [0.717, 1.165) is 22.2 Å². The van der Waals surface area contributed by atoms with Crippen LogP contribution < -0.4 is 4.31 Å². The lowest BCUT2D eigenvalue weighted by Gasteiger charge is -2.26. The Hall–Kier alpha value is -2.73. The van der Waals surface area contributed by atoms with Gasteiger partial charge in [0.1, 0.15) is 11.3 Å². The van der Waals surface area contributed by atoms with Crippen LogP contribution in [-0.2, 0) is 12.8 Å². The highest BCUT2D eigenvalue weighted by atomic mass is 32.2. The molecule has 2 unspecified atom stereocenters. The first-order valence-electron chi connectivity index (χ1n) is 9.86. The maximum atomic E-state index is 13.6. The zero-order valence-corrected chi connectivity index (χ0v) is 18.4. The average molecular weight is 425 g/mol. The molecule has 156 valence electrons. The monoisotopic (exact) mass is 424 g/mol. The molecule has 4 nitrogen and oxygen atoms in total. The molecule has 0 saturated carbocycles. The second-order valence-electron chi connectivity index (χ2n) is 8.08. The van der Waals surface area contributed by atoms with Gasteiger partial charge < -0.3 is 9.41 Å². The molecule has 4 rings (SSSR count). The van der Waals surface area contributed by atoms with E-state index in [1.165, 1.54) is 12.1 Å². The number of hydrogen-bond acceptors (Lipinski definition) is 4. The van der Waals surface area contributed by atoms with Gasteiger partial charge in [0.15, 0.2) is 11.5 Å². The van der Waals surface area contributed by atoms with Crippen molar-refractivity contribution in [3.05, 3.63) is 65.1 Å². The van der Waals surface area contributed by atoms with Gasteiger partial charge in [-0.3, -0.25) is 9.78 Å².